The first kappa shape index (κ1) is 13.4. The van der Waals surface area contributed by atoms with E-state index in [9.17, 15) is 9.90 Å². The van der Waals surface area contributed by atoms with Crippen molar-refractivity contribution >= 4 is 28.5 Å². The summed E-state index contributed by atoms with van der Waals surface area (Å²) in [6, 6.07) is 13.9. The maximum absolute atomic E-state index is 11.3. The highest BCUT2D eigenvalue weighted by molar-refractivity contribution is 6.33. The van der Waals surface area contributed by atoms with Gasteiger partial charge < -0.3 is 9.84 Å². The van der Waals surface area contributed by atoms with E-state index in [-0.39, 0.29) is 16.3 Å². The molecule has 1 aromatic heterocycles. The van der Waals surface area contributed by atoms with E-state index in [0.29, 0.717) is 11.3 Å². The molecule has 0 unspecified atom stereocenters. The molecule has 0 bridgehead atoms. The van der Waals surface area contributed by atoms with Crippen molar-refractivity contribution in [2.45, 2.75) is 0 Å². The molecule has 0 aliphatic carbocycles. The number of aromatic nitrogens is 1. The number of para-hydroxylation sites is 1. The maximum atomic E-state index is 11.3. The number of rotatable bonds is 3. The van der Waals surface area contributed by atoms with Gasteiger partial charge in [0.05, 0.1) is 5.02 Å². The second-order valence-electron chi connectivity index (χ2n) is 4.35. The Bertz CT molecular complexity index is 827. The molecule has 0 saturated carbocycles. The van der Waals surface area contributed by atoms with Gasteiger partial charge in [-0.2, -0.15) is 0 Å². The molecule has 0 aliphatic heterocycles. The summed E-state index contributed by atoms with van der Waals surface area (Å²) < 4.78 is 5.74. The number of hydrogen-bond acceptors (Lipinski definition) is 3. The Morgan fingerprint density at radius 3 is 2.57 bits per heavy atom. The Morgan fingerprint density at radius 1 is 1.05 bits per heavy atom. The molecule has 0 amide bonds. The Balaban J connectivity index is 2.12. The summed E-state index contributed by atoms with van der Waals surface area (Å²) in [4.78, 5) is 15.6. The topological polar surface area (TPSA) is 59.4 Å². The molecule has 3 rings (SSSR count). The Morgan fingerprint density at radius 2 is 1.76 bits per heavy atom. The molecule has 5 heteroatoms. The van der Waals surface area contributed by atoms with E-state index in [1.165, 1.54) is 6.07 Å². The molecule has 1 heterocycles. The smallest absolute Gasteiger partial charge is 0.341 e. The van der Waals surface area contributed by atoms with Gasteiger partial charge in [-0.1, -0.05) is 35.9 Å². The first-order chi connectivity index (χ1) is 10.2. The summed E-state index contributed by atoms with van der Waals surface area (Å²) in [6.07, 6.45) is 1.66. The molecular weight excluding hydrogens is 290 g/mol. The standard InChI is InChI=1S/C16H10ClNO3/c17-11-6-2-7-12(14(11)16(19)20)21-13-8-1-4-10-5-3-9-18-15(10)13/h1-9H,(H,19,20). The number of pyridine rings is 1. The van der Waals surface area contributed by atoms with Crippen LogP contribution in [-0.2, 0) is 0 Å². The molecule has 2 aromatic carbocycles. The van der Waals surface area contributed by atoms with Gasteiger partial charge in [0, 0.05) is 11.6 Å². The van der Waals surface area contributed by atoms with Crippen LogP contribution in [0.15, 0.2) is 54.7 Å². The highest BCUT2D eigenvalue weighted by atomic mass is 35.5. The van der Waals surface area contributed by atoms with E-state index in [0.717, 1.165) is 5.39 Å². The quantitative estimate of drug-likeness (QED) is 0.779. The van der Waals surface area contributed by atoms with Crippen LogP contribution in [0.2, 0.25) is 5.02 Å². The lowest BCUT2D eigenvalue weighted by atomic mass is 10.2. The highest BCUT2D eigenvalue weighted by Gasteiger charge is 2.17. The number of ether oxygens (including phenoxy) is 1. The Kier molecular flexibility index (Phi) is 3.46. The average molecular weight is 300 g/mol. The molecule has 1 N–H and O–H groups in total. The summed E-state index contributed by atoms with van der Waals surface area (Å²) in [7, 11) is 0. The average Bonchev–Trinajstić information content (AvgIpc) is 2.47. The number of fused-ring (bicyclic) bond motifs is 1. The van der Waals surface area contributed by atoms with E-state index in [4.69, 9.17) is 16.3 Å². The van der Waals surface area contributed by atoms with Crippen LogP contribution >= 0.6 is 11.6 Å². The van der Waals surface area contributed by atoms with Crippen molar-refractivity contribution in [2.24, 2.45) is 0 Å². The third-order valence-electron chi connectivity index (χ3n) is 3.00. The summed E-state index contributed by atoms with van der Waals surface area (Å²) in [5.74, 6) is -0.463. The van der Waals surface area contributed by atoms with Crippen LogP contribution < -0.4 is 4.74 Å². The largest absolute Gasteiger partial charge is 0.478 e. The number of hydrogen-bond donors (Lipinski definition) is 1. The minimum absolute atomic E-state index is 0.0629. The lowest BCUT2D eigenvalue weighted by molar-refractivity contribution is 0.0694. The van der Waals surface area contributed by atoms with Crippen LogP contribution in [0.4, 0.5) is 0 Å². The van der Waals surface area contributed by atoms with Crippen LogP contribution in [0.25, 0.3) is 10.9 Å². The van der Waals surface area contributed by atoms with Crippen molar-refractivity contribution in [1.29, 1.82) is 0 Å². The van der Waals surface area contributed by atoms with Crippen molar-refractivity contribution in [2.75, 3.05) is 0 Å². The summed E-state index contributed by atoms with van der Waals surface area (Å²) in [6.45, 7) is 0. The van der Waals surface area contributed by atoms with Gasteiger partial charge in [0.2, 0.25) is 0 Å². The fourth-order valence-corrected chi connectivity index (χ4v) is 2.32. The van der Waals surface area contributed by atoms with Crippen molar-refractivity contribution in [1.82, 2.24) is 4.98 Å². The zero-order valence-electron chi connectivity index (χ0n) is 10.8. The van der Waals surface area contributed by atoms with Crippen molar-refractivity contribution < 1.29 is 14.6 Å². The molecule has 0 spiro atoms. The predicted octanol–water partition coefficient (Wildman–Crippen LogP) is 4.38. The summed E-state index contributed by atoms with van der Waals surface area (Å²) >= 11 is 5.93. The maximum Gasteiger partial charge on any atom is 0.341 e. The van der Waals surface area contributed by atoms with Crippen LogP contribution in [-0.4, -0.2) is 16.1 Å². The van der Waals surface area contributed by atoms with Crippen LogP contribution in [0.3, 0.4) is 0 Å². The molecule has 0 atom stereocenters. The number of nitrogens with zero attached hydrogens (tertiary/aromatic N) is 1. The molecule has 104 valence electrons. The number of halogens is 1. The van der Waals surface area contributed by atoms with Crippen molar-refractivity contribution in [3.63, 3.8) is 0 Å². The van der Waals surface area contributed by atoms with Gasteiger partial charge in [0.1, 0.15) is 16.8 Å². The number of benzene rings is 2. The van der Waals surface area contributed by atoms with E-state index in [1.807, 2.05) is 24.3 Å². The van der Waals surface area contributed by atoms with Gasteiger partial charge >= 0.3 is 5.97 Å². The monoisotopic (exact) mass is 299 g/mol. The van der Waals surface area contributed by atoms with E-state index < -0.39 is 5.97 Å². The third kappa shape index (κ3) is 2.53. The lowest BCUT2D eigenvalue weighted by Gasteiger charge is -2.11. The van der Waals surface area contributed by atoms with Crippen LogP contribution in [0.5, 0.6) is 11.5 Å². The van der Waals surface area contributed by atoms with E-state index in [2.05, 4.69) is 4.98 Å². The molecule has 21 heavy (non-hydrogen) atoms. The Hall–Kier alpha value is -2.59. The number of carboxylic acid groups (broad SMARTS) is 1. The first-order valence-corrected chi connectivity index (χ1v) is 6.58. The molecule has 4 nitrogen and oxygen atoms in total. The second kappa shape index (κ2) is 5.42. The molecule has 0 fully saturated rings. The van der Waals surface area contributed by atoms with E-state index in [1.54, 1.807) is 24.4 Å². The zero-order valence-corrected chi connectivity index (χ0v) is 11.5. The fourth-order valence-electron chi connectivity index (χ4n) is 2.07. The van der Waals surface area contributed by atoms with Crippen LogP contribution in [0.1, 0.15) is 10.4 Å². The first-order valence-electron chi connectivity index (χ1n) is 6.20. The molecule has 0 radical (unpaired) electrons. The lowest BCUT2D eigenvalue weighted by Crippen LogP contribution is -2.01. The fraction of sp³-hybridized carbons (Fsp3) is 0. The van der Waals surface area contributed by atoms with Gasteiger partial charge in [-0.3, -0.25) is 4.98 Å². The number of aromatic carboxylic acids is 1. The molecule has 0 saturated heterocycles. The van der Waals surface area contributed by atoms with E-state index >= 15 is 0 Å². The van der Waals surface area contributed by atoms with Crippen LogP contribution in [0, 0.1) is 0 Å². The highest BCUT2D eigenvalue weighted by Crippen LogP contribution is 2.33. The molecule has 0 aliphatic rings. The normalized spacial score (nSPS) is 10.5. The summed E-state index contributed by atoms with van der Waals surface area (Å²) in [5, 5.41) is 10.3. The Labute approximate surface area is 125 Å². The van der Waals surface area contributed by atoms with Gasteiger partial charge in [-0.25, -0.2) is 4.79 Å². The zero-order chi connectivity index (χ0) is 14.8. The van der Waals surface area contributed by atoms with Gasteiger partial charge in [-0.05, 0) is 24.3 Å². The predicted molar refractivity (Wildman–Crippen MR) is 80.2 cm³/mol. The van der Waals surface area contributed by atoms with Crippen molar-refractivity contribution in [3.8, 4) is 11.5 Å². The summed E-state index contributed by atoms with van der Waals surface area (Å²) in [5.41, 5.74) is 0.600. The number of carbonyl (C=O) groups is 1. The second-order valence-corrected chi connectivity index (χ2v) is 4.76. The SMILES string of the molecule is O=C(O)c1c(Cl)cccc1Oc1cccc2cccnc12. The van der Waals surface area contributed by atoms with Gasteiger partial charge in [0.25, 0.3) is 0 Å². The minimum Gasteiger partial charge on any atom is -0.478 e. The van der Waals surface area contributed by atoms with Crippen molar-refractivity contribution in [3.05, 3.63) is 65.3 Å². The third-order valence-corrected chi connectivity index (χ3v) is 3.32. The van der Waals surface area contributed by atoms with Gasteiger partial charge in [-0.15, -0.1) is 0 Å². The molecule has 3 aromatic rings. The van der Waals surface area contributed by atoms with Gasteiger partial charge in [0.15, 0.2) is 5.75 Å². The number of carboxylic acids is 1. The molecular formula is C16H10ClNO3. The minimum atomic E-state index is -1.14.